The molecule has 0 aliphatic carbocycles. The lowest BCUT2D eigenvalue weighted by atomic mass is 10.2. The van der Waals surface area contributed by atoms with E-state index in [2.05, 4.69) is 15.6 Å². The van der Waals surface area contributed by atoms with Gasteiger partial charge in [0.25, 0.3) is 5.91 Å². The average Bonchev–Trinajstić information content (AvgIpc) is 2.64. The van der Waals surface area contributed by atoms with E-state index >= 15 is 0 Å². The third-order valence-corrected chi connectivity index (χ3v) is 4.04. The molecule has 3 aromatic rings. The highest BCUT2D eigenvalue weighted by atomic mass is 35.5. The van der Waals surface area contributed by atoms with Crippen LogP contribution in [0.4, 0.5) is 17.2 Å². The van der Waals surface area contributed by atoms with Crippen LogP contribution in [0.25, 0.3) is 0 Å². The second-order valence-electron chi connectivity index (χ2n) is 5.70. The van der Waals surface area contributed by atoms with Crippen LogP contribution in [0.3, 0.4) is 0 Å². The predicted molar refractivity (Wildman–Crippen MR) is 105 cm³/mol. The first kappa shape index (κ1) is 17.8. The van der Waals surface area contributed by atoms with Gasteiger partial charge in [0, 0.05) is 34.2 Å². The van der Waals surface area contributed by atoms with E-state index in [1.165, 1.54) is 0 Å². The number of nitrogens with one attached hydrogen (secondary N) is 2. The van der Waals surface area contributed by atoms with Crippen LogP contribution >= 0.6 is 11.6 Å². The molecule has 0 atom stereocenters. The summed E-state index contributed by atoms with van der Waals surface area (Å²) in [5, 5.41) is 6.69. The van der Waals surface area contributed by atoms with E-state index in [-0.39, 0.29) is 5.91 Å². The Kier molecular flexibility index (Phi) is 5.39. The Hall–Kier alpha value is -3.05. The van der Waals surface area contributed by atoms with Crippen molar-refractivity contribution in [2.75, 3.05) is 17.7 Å². The number of carbonyl (C=O) groups excluding carboxylic acids is 1. The van der Waals surface area contributed by atoms with Crippen LogP contribution in [-0.4, -0.2) is 18.0 Å². The summed E-state index contributed by atoms with van der Waals surface area (Å²) in [7, 11) is 1.61. The van der Waals surface area contributed by atoms with Gasteiger partial charge in [-0.15, -0.1) is 0 Å². The van der Waals surface area contributed by atoms with Gasteiger partial charge in [-0.05, 0) is 55.0 Å². The standard InChI is InChI=1S/C20H18ClN3O2/c1-13-10-15(21)6-7-18(13)24-20(25)14-8-9-22-19(11-14)23-16-4-3-5-17(12-16)26-2/h3-12H,1-2H3,(H,22,23)(H,24,25). The van der Waals surface area contributed by atoms with Crippen molar-refractivity contribution < 1.29 is 9.53 Å². The van der Waals surface area contributed by atoms with Crippen molar-refractivity contribution in [3.8, 4) is 5.75 Å². The fraction of sp³-hybridized carbons (Fsp3) is 0.100. The van der Waals surface area contributed by atoms with Crippen molar-refractivity contribution in [3.05, 3.63) is 76.9 Å². The van der Waals surface area contributed by atoms with Gasteiger partial charge < -0.3 is 15.4 Å². The van der Waals surface area contributed by atoms with Gasteiger partial charge in [-0.1, -0.05) is 17.7 Å². The SMILES string of the molecule is COc1cccc(Nc2cc(C(=O)Nc3ccc(Cl)cc3C)ccn2)c1. The molecule has 2 aromatic carbocycles. The fourth-order valence-corrected chi connectivity index (χ4v) is 2.68. The maximum Gasteiger partial charge on any atom is 0.255 e. The maximum absolute atomic E-state index is 12.5. The van der Waals surface area contributed by atoms with Gasteiger partial charge in [0.15, 0.2) is 0 Å². The Balaban J connectivity index is 1.76. The van der Waals surface area contributed by atoms with Crippen LogP contribution < -0.4 is 15.4 Å². The third-order valence-electron chi connectivity index (χ3n) is 3.80. The number of aromatic nitrogens is 1. The lowest BCUT2D eigenvalue weighted by Crippen LogP contribution is -2.13. The summed E-state index contributed by atoms with van der Waals surface area (Å²) in [6.07, 6.45) is 1.59. The molecule has 1 aromatic heterocycles. The van der Waals surface area contributed by atoms with Gasteiger partial charge in [-0.2, -0.15) is 0 Å². The lowest BCUT2D eigenvalue weighted by molar-refractivity contribution is 0.102. The number of hydrogen-bond donors (Lipinski definition) is 2. The van der Waals surface area contributed by atoms with Crippen molar-refractivity contribution >= 4 is 34.7 Å². The summed E-state index contributed by atoms with van der Waals surface area (Å²) in [6.45, 7) is 1.89. The Bertz CT molecular complexity index is 944. The van der Waals surface area contributed by atoms with Gasteiger partial charge in [0.05, 0.1) is 7.11 Å². The number of carbonyl (C=O) groups is 1. The van der Waals surface area contributed by atoms with Crippen LogP contribution in [-0.2, 0) is 0 Å². The van der Waals surface area contributed by atoms with Crippen molar-refractivity contribution in [2.24, 2.45) is 0 Å². The first-order valence-corrected chi connectivity index (χ1v) is 8.37. The molecule has 0 bridgehead atoms. The molecule has 132 valence electrons. The summed E-state index contributed by atoms with van der Waals surface area (Å²) >= 11 is 5.95. The summed E-state index contributed by atoms with van der Waals surface area (Å²) < 4.78 is 5.21. The van der Waals surface area contributed by atoms with Crippen molar-refractivity contribution in [2.45, 2.75) is 6.92 Å². The Morgan fingerprint density at radius 1 is 1.12 bits per heavy atom. The average molecular weight is 368 g/mol. The van der Waals surface area contributed by atoms with E-state index in [4.69, 9.17) is 16.3 Å². The Labute approximate surface area is 157 Å². The smallest absolute Gasteiger partial charge is 0.255 e. The van der Waals surface area contributed by atoms with Crippen molar-refractivity contribution in [1.82, 2.24) is 4.98 Å². The largest absolute Gasteiger partial charge is 0.497 e. The highest BCUT2D eigenvalue weighted by Crippen LogP contribution is 2.22. The number of pyridine rings is 1. The molecule has 6 heteroatoms. The molecule has 0 saturated heterocycles. The molecule has 1 heterocycles. The highest BCUT2D eigenvalue weighted by Gasteiger charge is 2.09. The number of benzene rings is 2. The molecule has 0 unspecified atom stereocenters. The molecule has 0 radical (unpaired) electrons. The predicted octanol–water partition coefficient (Wildman–Crippen LogP) is 5.05. The number of anilines is 3. The fourth-order valence-electron chi connectivity index (χ4n) is 2.45. The second kappa shape index (κ2) is 7.89. The molecular weight excluding hydrogens is 350 g/mol. The number of halogens is 1. The van der Waals surface area contributed by atoms with E-state index in [0.29, 0.717) is 16.4 Å². The first-order chi connectivity index (χ1) is 12.5. The number of rotatable bonds is 5. The topological polar surface area (TPSA) is 63.2 Å². The third kappa shape index (κ3) is 4.32. The Morgan fingerprint density at radius 2 is 1.96 bits per heavy atom. The molecular formula is C20H18ClN3O2. The molecule has 0 saturated carbocycles. The first-order valence-electron chi connectivity index (χ1n) is 8.00. The van der Waals surface area contributed by atoms with E-state index in [1.807, 2.05) is 31.2 Å². The number of ether oxygens (including phenoxy) is 1. The summed E-state index contributed by atoms with van der Waals surface area (Å²) in [6, 6.07) is 16.2. The molecule has 26 heavy (non-hydrogen) atoms. The van der Waals surface area contributed by atoms with E-state index in [1.54, 1.807) is 43.6 Å². The monoisotopic (exact) mass is 367 g/mol. The molecule has 1 amide bonds. The zero-order valence-corrected chi connectivity index (χ0v) is 15.2. The number of nitrogens with zero attached hydrogens (tertiary/aromatic N) is 1. The lowest BCUT2D eigenvalue weighted by Gasteiger charge is -2.11. The normalized spacial score (nSPS) is 10.3. The van der Waals surface area contributed by atoms with Crippen LogP contribution in [0.1, 0.15) is 15.9 Å². The van der Waals surface area contributed by atoms with E-state index in [0.717, 1.165) is 22.7 Å². The molecule has 0 spiro atoms. The molecule has 0 aliphatic rings. The van der Waals surface area contributed by atoms with E-state index < -0.39 is 0 Å². The van der Waals surface area contributed by atoms with Crippen LogP contribution in [0, 0.1) is 6.92 Å². The summed E-state index contributed by atoms with van der Waals surface area (Å²) in [4.78, 5) is 16.8. The van der Waals surface area contributed by atoms with Gasteiger partial charge in [0.1, 0.15) is 11.6 Å². The van der Waals surface area contributed by atoms with Crippen LogP contribution in [0.5, 0.6) is 5.75 Å². The van der Waals surface area contributed by atoms with Crippen molar-refractivity contribution in [1.29, 1.82) is 0 Å². The number of methoxy groups -OCH3 is 1. The molecule has 3 rings (SSSR count). The van der Waals surface area contributed by atoms with Gasteiger partial charge in [-0.25, -0.2) is 4.98 Å². The minimum Gasteiger partial charge on any atom is -0.497 e. The van der Waals surface area contributed by atoms with E-state index in [9.17, 15) is 4.79 Å². The van der Waals surface area contributed by atoms with Crippen LogP contribution in [0.15, 0.2) is 60.8 Å². The van der Waals surface area contributed by atoms with Gasteiger partial charge in [-0.3, -0.25) is 4.79 Å². The molecule has 0 aliphatic heterocycles. The minimum absolute atomic E-state index is 0.216. The quantitative estimate of drug-likeness (QED) is 0.662. The van der Waals surface area contributed by atoms with Gasteiger partial charge in [0.2, 0.25) is 0 Å². The second-order valence-corrected chi connectivity index (χ2v) is 6.14. The number of aryl methyl sites for hydroxylation is 1. The summed E-state index contributed by atoms with van der Waals surface area (Å²) in [5.74, 6) is 1.09. The minimum atomic E-state index is -0.216. The molecule has 0 fully saturated rings. The van der Waals surface area contributed by atoms with Crippen molar-refractivity contribution in [3.63, 3.8) is 0 Å². The highest BCUT2D eigenvalue weighted by molar-refractivity contribution is 6.30. The summed E-state index contributed by atoms with van der Waals surface area (Å²) in [5.41, 5.74) is 2.94. The zero-order valence-electron chi connectivity index (χ0n) is 14.4. The van der Waals surface area contributed by atoms with Crippen LogP contribution in [0.2, 0.25) is 5.02 Å². The number of amides is 1. The molecule has 5 nitrogen and oxygen atoms in total. The number of hydrogen-bond acceptors (Lipinski definition) is 4. The maximum atomic E-state index is 12.5. The Morgan fingerprint density at radius 3 is 2.73 bits per heavy atom. The molecule has 2 N–H and O–H groups in total. The zero-order chi connectivity index (χ0) is 18.5. The van der Waals surface area contributed by atoms with Gasteiger partial charge >= 0.3 is 0 Å².